The number of hydrogen-bond donors (Lipinski definition) is 1. The van der Waals surface area contributed by atoms with Gasteiger partial charge < -0.3 is 15.4 Å². The molecule has 1 unspecified atom stereocenters. The number of methoxy groups -OCH3 is 1. The first-order chi connectivity index (χ1) is 8.91. The number of rotatable bonds is 3. The number of anilines is 2. The van der Waals surface area contributed by atoms with Crippen LogP contribution in [0.25, 0.3) is 0 Å². The van der Waals surface area contributed by atoms with Gasteiger partial charge in [-0.2, -0.15) is 13.2 Å². The van der Waals surface area contributed by atoms with Crippen LogP contribution in [0, 0.1) is 0 Å². The number of nitrogen functional groups attached to an aromatic ring is 1. The Labute approximate surface area is 110 Å². The molecule has 1 aromatic rings. The zero-order valence-electron chi connectivity index (χ0n) is 10.7. The van der Waals surface area contributed by atoms with E-state index >= 15 is 0 Å². The van der Waals surface area contributed by atoms with Gasteiger partial charge in [0.2, 0.25) is 0 Å². The summed E-state index contributed by atoms with van der Waals surface area (Å²) in [6.07, 6.45) is -2.51. The van der Waals surface area contributed by atoms with Crippen molar-refractivity contribution < 1.29 is 17.9 Å². The second kappa shape index (κ2) is 5.28. The highest BCUT2D eigenvalue weighted by molar-refractivity contribution is 5.60. The molecule has 0 saturated carbocycles. The van der Waals surface area contributed by atoms with E-state index in [-0.39, 0.29) is 11.7 Å². The van der Waals surface area contributed by atoms with E-state index in [1.807, 2.05) is 4.90 Å². The molecule has 1 heterocycles. The number of alkyl halides is 3. The maximum Gasteiger partial charge on any atom is 0.416 e. The molecule has 19 heavy (non-hydrogen) atoms. The lowest BCUT2D eigenvalue weighted by molar-refractivity contribution is -0.137. The topological polar surface area (TPSA) is 38.5 Å². The minimum atomic E-state index is -4.37. The summed E-state index contributed by atoms with van der Waals surface area (Å²) in [6, 6.07) is 3.83. The molecule has 1 aromatic carbocycles. The molecule has 1 saturated heterocycles. The van der Waals surface area contributed by atoms with Crippen LogP contribution in [0.1, 0.15) is 18.4 Å². The van der Waals surface area contributed by atoms with E-state index in [0.29, 0.717) is 12.3 Å². The zero-order valence-corrected chi connectivity index (χ0v) is 10.7. The van der Waals surface area contributed by atoms with Gasteiger partial charge in [-0.3, -0.25) is 0 Å². The average Bonchev–Trinajstić information content (AvgIpc) is 2.76. The molecule has 1 fully saturated rings. The smallest absolute Gasteiger partial charge is 0.399 e. The highest BCUT2D eigenvalue weighted by Gasteiger charge is 2.33. The van der Waals surface area contributed by atoms with Crippen molar-refractivity contribution in [3.8, 4) is 0 Å². The Morgan fingerprint density at radius 3 is 2.74 bits per heavy atom. The lowest BCUT2D eigenvalue weighted by Crippen LogP contribution is -2.33. The van der Waals surface area contributed by atoms with Gasteiger partial charge in [0.05, 0.1) is 18.2 Å². The Kier molecular flexibility index (Phi) is 3.89. The van der Waals surface area contributed by atoms with E-state index in [9.17, 15) is 13.2 Å². The van der Waals surface area contributed by atoms with Gasteiger partial charge in [0.25, 0.3) is 0 Å². The minimum absolute atomic E-state index is 0.118. The van der Waals surface area contributed by atoms with Crippen LogP contribution in [-0.2, 0) is 10.9 Å². The highest BCUT2D eigenvalue weighted by atomic mass is 19.4. The molecule has 0 aliphatic carbocycles. The van der Waals surface area contributed by atoms with E-state index in [2.05, 4.69) is 0 Å². The normalized spacial score (nSPS) is 20.0. The Balaban J connectivity index is 2.31. The fourth-order valence-electron chi connectivity index (χ4n) is 2.51. The molecule has 106 valence electrons. The summed E-state index contributed by atoms with van der Waals surface area (Å²) < 4.78 is 43.5. The molecule has 1 aliphatic heterocycles. The number of nitrogens with zero attached hydrogens (tertiary/aromatic N) is 1. The van der Waals surface area contributed by atoms with Crippen molar-refractivity contribution >= 4 is 11.4 Å². The fraction of sp³-hybridized carbons (Fsp3) is 0.538. The minimum Gasteiger partial charge on any atom is -0.399 e. The largest absolute Gasteiger partial charge is 0.416 e. The molecule has 3 nitrogen and oxygen atoms in total. The van der Waals surface area contributed by atoms with Gasteiger partial charge in [-0.15, -0.1) is 0 Å². The Morgan fingerprint density at radius 2 is 2.11 bits per heavy atom. The van der Waals surface area contributed by atoms with Crippen LogP contribution in [0.4, 0.5) is 24.5 Å². The van der Waals surface area contributed by atoms with Gasteiger partial charge in [0.1, 0.15) is 0 Å². The average molecular weight is 274 g/mol. The van der Waals surface area contributed by atoms with Crippen LogP contribution >= 0.6 is 0 Å². The summed E-state index contributed by atoms with van der Waals surface area (Å²) >= 11 is 0. The van der Waals surface area contributed by atoms with Gasteiger partial charge in [-0.05, 0) is 31.0 Å². The van der Waals surface area contributed by atoms with Crippen molar-refractivity contribution in [2.24, 2.45) is 0 Å². The number of hydrogen-bond acceptors (Lipinski definition) is 3. The monoisotopic (exact) mass is 274 g/mol. The van der Waals surface area contributed by atoms with E-state index in [0.717, 1.165) is 31.5 Å². The molecule has 0 bridgehead atoms. The predicted octanol–water partition coefficient (Wildman–Crippen LogP) is 2.90. The Hall–Kier alpha value is -1.43. The molecule has 2 rings (SSSR count). The van der Waals surface area contributed by atoms with Crippen molar-refractivity contribution in [1.82, 2.24) is 0 Å². The number of benzene rings is 1. The molecular weight excluding hydrogens is 257 g/mol. The van der Waals surface area contributed by atoms with Crippen LogP contribution in [0.5, 0.6) is 0 Å². The van der Waals surface area contributed by atoms with Gasteiger partial charge in [-0.25, -0.2) is 0 Å². The van der Waals surface area contributed by atoms with Crippen molar-refractivity contribution in [1.29, 1.82) is 0 Å². The second-order valence-electron chi connectivity index (χ2n) is 4.76. The second-order valence-corrected chi connectivity index (χ2v) is 4.76. The first-order valence-corrected chi connectivity index (χ1v) is 6.15. The van der Waals surface area contributed by atoms with Gasteiger partial charge >= 0.3 is 6.18 Å². The standard InChI is InChI=1S/C13H17F3N2O/c1-19-8-11-3-2-4-18(11)12-6-9(13(14,15)16)5-10(17)7-12/h5-7,11H,2-4,8,17H2,1H3. The number of nitrogens with two attached hydrogens (primary N) is 1. The summed E-state index contributed by atoms with van der Waals surface area (Å²) in [4.78, 5) is 1.94. The van der Waals surface area contributed by atoms with Crippen molar-refractivity contribution in [2.45, 2.75) is 25.1 Å². The predicted molar refractivity (Wildman–Crippen MR) is 68.1 cm³/mol. The van der Waals surface area contributed by atoms with Crippen LogP contribution in [0.15, 0.2) is 18.2 Å². The molecular formula is C13H17F3N2O. The van der Waals surface area contributed by atoms with Gasteiger partial charge in [0, 0.05) is 25.0 Å². The third-order valence-electron chi connectivity index (χ3n) is 3.34. The van der Waals surface area contributed by atoms with E-state index in [1.54, 1.807) is 13.2 Å². The van der Waals surface area contributed by atoms with Gasteiger partial charge in [0.15, 0.2) is 0 Å². The zero-order chi connectivity index (χ0) is 14.0. The molecule has 2 N–H and O–H groups in total. The summed E-state index contributed by atoms with van der Waals surface area (Å²) in [5.74, 6) is 0. The fourth-order valence-corrected chi connectivity index (χ4v) is 2.51. The molecule has 0 aromatic heterocycles. The van der Waals surface area contributed by atoms with Crippen molar-refractivity contribution in [3.63, 3.8) is 0 Å². The van der Waals surface area contributed by atoms with Crippen molar-refractivity contribution in [3.05, 3.63) is 23.8 Å². The maximum atomic E-state index is 12.8. The summed E-state index contributed by atoms with van der Waals surface area (Å²) in [6.45, 7) is 1.24. The van der Waals surface area contributed by atoms with E-state index < -0.39 is 11.7 Å². The lowest BCUT2D eigenvalue weighted by Gasteiger charge is -2.27. The van der Waals surface area contributed by atoms with E-state index in [1.165, 1.54) is 0 Å². The maximum absolute atomic E-state index is 12.8. The molecule has 0 amide bonds. The Bertz CT molecular complexity index is 448. The van der Waals surface area contributed by atoms with Crippen LogP contribution < -0.4 is 10.6 Å². The molecule has 1 aliphatic rings. The molecule has 1 atom stereocenters. The van der Waals surface area contributed by atoms with Crippen LogP contribution in [0.2, 0.25) is 0 Å². The first kappa shape index (κ1) is 14.0. The number of halogens is 3. The van der Waals surface area contributed by atoms with Crippen molar-refractivity contribution in [2.75, 3.05) is 30.9 Å². The van der Waals surface area contributed by atoms with Gasteiger partial charge in [-0.1, -0.05) is 0 Å². The van der Waals surface area contributed by atoms with E-state index in [4.69, 9.17) is 10.5 Å². The highest BCUT2D eigenvalue weighted by Crippen LogP contribution is 2.35. The summed E-state index contributed by atoms with van der Waals surface area (Å²) in [5.41, 5.74) is 5.53. The van der Waals surface area contributed by atoms with Crippen LogP contribution in [-0.4, -0.2) is 26.3 Å². The quantitative estimate of drug-likeness (QED) is 0.861. The third-order valence-corrected chi connectivity index (χ3v) is 3.34. The summed E-state index contributed by atoms with van der Waals surface area (Å²) in [7, 11) is 1.59. The van der Waals surface area contributed by atoms with Crippen LogP contribution in [0.3, 0.4) is 0 Å². The lowest BCUT2D eigenvalue weighted by atomic mass is 10.1. The summed E-state index contributed by atoms with van der Waals surface area (Å²) in [5, 5.41) is 0. The molecule has 0 radical (unpaired) electrons. The SMILES string of the molecule is COCC1CCCN1c1cc(N)cc(C(F)(F)F)c1. The number of ether oxygens (including phenoxy) is 1. The molecule has 6 heteroatoms. The first-order valence-electron chi connectivity index (χ1n) is 6.15. The molecule has 0 spiro atoms. The third kappa shape index (κ3) is 3.12. The Morgan fingerprint density at radius 1 is 1.37 bits per heavy atom.